The van der Waals surface area contributed by atoms with E-state index in [2.05, 4.69) is 11.9 Å². The van der Waals surface area contributed by atoms with Crippen molar-refractivity contribution in [3.63, 3.8) is 0 Å². The van der Waals surface area contributed by atoms with Gasteiger partial charge in [0, 0.05) is 6.20 Å². The molecule has 0 aliphatic heterocycles. The van der Waals surface area contributed by atoms with E-state index in [4.69, 9.17) is 9.47 Å². The highest BCUT2D eigenvalue weighted by Gasteiger charge is 2.20. The zero-order valence-corrected chi connectivity index (χ0v) is 11.6. The van der Waals surface area contributed by atoms with E-state index in [0.717, 1.165) is 18.8 Å². The molecule has 1 aromatic rings. The maximum Gasteiger partial charge on any atom is 0.339 e. The molecule has 19 heavy (non-hydrogen) atoms. The van der Waals surface area contributed by atoms with E-state index in [9.17, 15) is 4.79 Å². The van der Waals surface area contributed by atoms with Crippen LogP contribution in [0.5, 0.6) is 0 Å². The van der Waals surface area contributed by atoms with Crippen LogP contribution in [0.25, 0.3) is 0 Å². The van der Waals surface area contributed by atoms with Gasteiger partial charge in [0.05, 0.1) is 31.1 Å². The Morgan fingerprint density at radius 2 is 2.32 bits per heavy atom. The predicted octanol–water partition coefficient (Wildman–Crippen LogP) is 2.96. The number of nitrogens with zero attached hydrogens (tertiary/aromatic N) is 1. The van der Waals surface area contributed by atoms with Crippen molar-refractivity contribution < 1.29 is 14.3 Å². The lowest BCUT2D eigenvalue weighted by atomic mass is 9.89. The summed E-state index contributed by atoms with van der Waals surface area (Å²) < 4.78 is 10.7. The molecular formula is C15H21NO3. The smallest absolute Gasteiger partial charge is 0.339 e. The second kappa shape index (κ2) is 6.66. The van der Waals surface area contributed by atoms with Gasteiger partial charge >= 0.3 is 5.97 Å². The molecule has 1 aliphatic carbocycles. The molecule has 0 bridgehead atoms. The van der Waals surface area contributed by atoms with Crippen molar-refractivity contribution in [3.8, 4) is 0 Å². The molecule has 0 radical (unpaired) electrons. The zero-order chi connectivity index (χ0) is 13.7. The topological polar surface area (TPSA) is 48.4 Å². The van der Waals surface area contributed by atoms with E-state index in [-0.39, 0.29) is 12.1 Å². The van der Waals surface area contributed by atoms with Crippen LogP contribution in [0.3, 0.4) is 0 Å². The van der Waals surface area contributed by atoms with Gasteiger partial charge in [0.1, 0.15) is 0 Å². The fourth-order valence-corrected chi connectivity index (χ4v) is 2.58. The van der Waals surface area contributed by atoms with E-state index in [1.165, 1.54) is 20.0 Å². The van der Waals surface area contributed by atoms with Crippen molar-refractivity contribution in [2.75, 3.05) is 7.11 Å². The number of ether oxygens (including phenoxy) is 2. The second-order valence-electron chi connectivity index (χ2n) is 5.19. The summed E-state index contributed by atoms with van der Waals surface area (Å²) in [4.78, 5) is 15.8. The highest BCUT2D eigenvalue weighted by atomic mass is 16.5. The number of rotatable bonds is 4. The standard InChI is InChI=1S/C15H21NO3/c1-11-5-3-6-12(9-11)19-10-14-13(15(17)18-2)7-4-8-16-14/h4,7-8,11-12H,3,5-6,9-10H2,1-2H3. The lowest BCUT2D eigenvalue weighted by molar-refractivity contribution is 0.00253. The maximum atomic E-state index is 11.6. The molecule has 0 amide bonds. The highest BCUT2D eigenvalue weighted by molar-refractivity contribution is 5.90. The summed E-state index contributed by atoms with van der Waals surface area (Å²) in [5.41, 5.74) is 1.15. The number of methoxy groups -OCH3 is 1. The summed E-state index contributed by atoms with van der Waals surface area (Å²) in [6.07, 6.45) is 6.67. The SMILES string of the molecule is COC(=O)c1cccnc1COC1CCCC(C)C1. The highest BCUT2D eigenvalue weighted by Crippen LogP contribution is 2.26. The number of esters is 1. The van der Waals surface area contributed by atoms with Gasteiger partial charge in [0.25, 0.3) is 0 Å². The molecule has 1 saturated carbocycles. The fourth-order valence-electron chi connectivity index (χ4n) is 2.58. The summed E-state index contributed by atoms with van der Waals surface area (Å²) >= 11 is 0. The number of carbonyl (C=O) groups is 1. The van der Waals surface area contributed by atoms with Crippen LogP contribution in [0.4, 0.5) is 0 Å². The quantitative estimate of drug-likeness (QED) is 0.784. The Hall–Kier alpha value is -1.42. The predicted molar refractivity (Wildman–Crippen MR) is 71.8 cm³/mol. The van der Waals surface area contributed by atoms with Crippen molar-refractivity contribution in [1.82, 2.24) is 4.98 Å². The van der Waals surface area contributed by atoms with Crippen LogP contribution in [0.2, 0.25) is 0 Å². The molecule has 4 heteroatoms. The first-order chi connectivity index (χ1) is 9.20. The van der Waals surface area contributed by atoms with Crippen molar-refractivity contribution >= 4 is 5.97 Å². The summed E-state index contributed by atoms with van der Waals surface area (Å²) in [5.74, 6) is 0.367. The van der Waals surface area contributed by atoms with Gasteiger partial charge in [-0.2, -0.15) is 0 Å². The van der Waals surface area contributed by atoms with Crippen LogP contribution in [0.15, 0.2) is 18.3 Å². The first-order valence-corrected chi connectivity index (χ1v) is 6.84. The third-order valence-corrected chi connectivity index (χ3v) is 3.64. The molecule has 2 unspecified atom stereocenters. The van der Waals surface area contributed by atoms with Gasteiger partial charge in [0.2, 0.25) is 0 Å². The number of pyridine rings is 1. The van der Waals surface area contributed by atoms with Crippen LogP contribution in [-0.4, -0.2) is 24.2 Å². The summed E-state index contributed by atoms with van der Waals surface area (Å²) in [7, 11) is 1.38. The van der Waals surface area contributed by atoms with Gasteiger partial charge in [-0.1, -0.05) is 19.8 Å². The Morgan fingerprint density at radius 3 is 3.05 bits per heavy atom. The van der Waals surface area contributed by atoms with Gasteiger partial charge in [0.15, 0.2) is 0 Å². The van der Waals surface area contributed by atoms with Crippen LogP contribution in [0.1, 0.15) is 48.7 Å². The summed E-state index contributed by atoms with van der Waals surface area (Å²) in [6.45, 7) is 2.64. The Bertz CT molecular complexity index is 433. The average molecular weight is 263 g/mol. The molecule has 1 aromatic heterocycles. The number of carbonyl (C=O) groups excluding carboxylic acids is 1. The Kier molecular flexibility index (Phi) is 4.91. The van der Waals surface area contributed by atoms with Crippen molar-refractivity contribution in [3.05, 3.63) is 29.6 Å². The Balaban J connectivity index is 1.97. The molecule has 1 heterocycles. The maximum absolute atomic E-state index is 11.6. The van der Waals surface area contributed by atoms with E-state index in [0.29, 0.717) is 17.9 Å². The largest absolute Gasteiger partial charge is 0.465 e. The van der Waals surface area contributed by atoms with E-state index >= 15 is 0 Å². The van der Waals surface area contributed by atoms with Crippen LogP contribution >= 0.6 is 0 Å². The molecule has 0 spiro atoms. The van der Waals surface area contributed by atoms with Crippen molar-refractivity contribution in [1.29, 1.82) is 0 Å². The molecule has 2 rings (SSSR count). The minimum absolute atomic E-state index is 0.288. The molecule has 0 saturated heterocycles. The molecule has 4 nitrogen and oxygen atoms in total. The minimum atomic E-state index is -0.358. The number of hydrogen-bond donors (Lipinski definition) is 0. The van der Waals surface area contributed by atoms with Gasteiger partial charge in [-0.15, -0.1) is 0 Å². The molecule has 0 aromatic carbocycles. The molecule has 0 N–H and O–H groups in total. The molecular weight excluding hydrogens is 242 g/mol. The lowest BCUT2D eigenvalue weighted by Gasteiger charge is -2.26. The molecule has 1 fully saturated rings. The molecule has 2 atom stereocenters. The van der Waals surface area contributed by atoms with Crippen LogP contribution in [0, 0.1) is 5.92 Å². The van der Waals surface area contributed by atoms with E-state index in [1.807, 2.05) is 0 Å². The average Bonchev–Trinajstić information content (AvgIpc) is 2.45. The van der Waals surface area contributed by atoms with Gasteiger partial charge < -0.3 is 9.47 Å². The van der Waals surface area contributed by atoms with E-state index in [1.54, 1.807) is 18.3 Å². The lowest BCUT2D eigenvalue weighted by Crippen LogP contribution is -2.22. The van der Waals surface area contributed by atoms with Crippen LogP contribution < -0.4 is 0 Å². The number of aromatic nitrogens is 1. The third kappa shape index (κ3) is 3.77. The van der Waals surface area contributed by atoms with E-state index < -0.39 is 0 Å². The monoisotopic (exact) mass is 263 g/mol. The Morgan fingerprint density at radius 1 is 1.47 bits per heavy atom. The zero-order valence-electron chi connectivity index (χ0n) is 11.6. The summed E-state index contributed by atoms with van der Waals surface area (Å²) in [5, 5.41) is 0. The normalized spacial score (nSPS) is 23.1. The minimum Gasteiger partial charge on any atom is -0.465 e. The van der Waals surface area contributed by atoms with Crippen molar-refractivity contribution in [2.45, 2.75) is 45.3 Å². The first-order valence-electron chi connectivity index (χ1n) is 6.84. The first kappa shape index (κ1) is 14.0. The molecule has 1 aliphatic rings. The van der Waals surface area contributed by atoms with Gasteiger partial charge in [-0.3, -0.25) is 4.98 Å². The second-order valence-corrected chi connectivity index (χ2v) is 5.19. The van der Waals surface area contributed by atoms with Crippen molar-refractivity contribution in [2.24, 2.45) is 5.92 Å². The summed E-state index contributed by atoms with van der Waals surface area (Å²) in [6, 6.07) is 3.46. The van der Waals surface area contributed by atoms with Gasteiger partial charge in [-0.25, -0.2) is 4.79 Å². The Labute approximate surface area is 114 Å². The molecule has 104 valence electrons. The van der Waals surface area contributed by atoms with Gasteiger partial charge in [-0.05, 0) is 30.9 Å². The number of hydrogen-bond acceptors (Lipinski definition) is 4. The fraction of sp³-hybridized carbons (Fsp3) is 0.600. The van der Waals surface area contributed by atoms with Crippen LogP contribution in [-0.2, 0) is 16.1 Å². The third-order valence-electron chi connectivity index (χ3n) is 3.64.